The molecule has 0 unspecified atom stereocenters. The summed E-state index contributed by atoms with van der Waals surface area (Å²) in [6.07, 6.45) is 0.949. The quantitative estimate of drug-likeness (QED) is 0.381. The van der Waals surface area contributed by atoms with Gasteiger partial charge in [-0.1, -0.05) is 0 Å². The van der Waals surface area contributed by atoms with Crippen molar-refractivity contribution in [2.75, 3.05) is 20.3 Å². The molecule has 0 aliphatic carbocycles. The molecule has 0 heterocycles. The summed E-state index contributed by atoms with van der Waals surface area (Å²) in [5.41, 5.74) is 0.0939. The third-order valence-electron chi connectivity index (χ3n) is 1.48. The van der Waals surface area contributed by atoms with Crippen LogP contribution < -0.4 is 0 Å². The summed E-state index contributed by atoms with van der Waals surface area (Å²) in [5.74, 6) is -2.07. The maximum absolute atomic E-state index is 11.1. The van der Waals surface area contributed by atoms with Gasteiger partial charge in [-0.15, -0.1) is 0 Å². The van der Waals surface area contributed by atoms with Crippen molar-refractivity contribution in [3.8, 4) is 0 Å². The Hall–Kier alpha value is -1.85. The van der Waals surface area contributed by atoms with Crippen LogP contribution >= 0.6 is 0 Å². The number of rotatable bonds is 5. The summed E-state index contributed by atoms with van der Waals surface area (Å²) < 4.78 is 13.4. The van der Waals surface area contributed by atoms with Gasteiger partial charge in [0.25, 0.3) is 0 Å². The summed E-state index contributed by atoms with van der Waals surface area (Å²) in [5, 5.41) is 0. The zero-order valence-corrected chi connectivity index (χ0v) is 9.44. The molecule has 0 spiro atoms. The molecule has 0 atom stereocenters. The van der Waals surface area contributed by atoms with E-state index in [9.17, 15) is 14.4 Å². The Morgan fingerprint density at radius 1 is 1.19 bits per heavy atom. The van der Waals surface area contributed by atoms with Crippen molar-refractivity contribution >= 4 is 17.9 Å². The maximum atomic E-state index is 11.1. The van der Waals surface area contributed by atoms with Crippen molar-refractivity contribution in [1.82, 2.24) is 0 Å². The van der Waals surface area contributed by atoms with Crippen molar-refractivity contribution in [1.29, 1.82) is 0 Å². The predicted octanol–water partition coefficient (Wildman–Crippen LogP) is 0.212. The van der Waals surface area contributed by atoms with Crippen molar-refractivity contribution in [2.24, 2.45) is 0 Å². The minimum atomic E-state index is -0.795. The van der Waals surface area contributed by atoms with E-state index >= 15 is 0 Å². The highest BCUT2D eigenvalue weighted by Gasteiger charge is 2.09. The van der Waals surface area contributed by atoms with E-state index in [4.69, 9.17) is 0 Å². The van der Waals surface area contributed by atoms with Gasteiger partial charge >= 0.3 is 17.9 Å². The Morgan fingerprint density at radius 3 is 2.31 bits per heavy atom. The number of esters is 3. The van der Waals surface area contributed by atoms with Crippen LogP contribution in [0.15, 0.2) is 11.6 Å². The second-order valence-electron chi connectivity index (χ2n) is 2.73. The number of ether oxygens (including phenoxy) is 3. The molecule has 0 aliphatic heterocycles. The Bertz CT molecular complexity index is 304. The van der Waals surface area contributed by atoms with Gasteiger partial charge in [0.15, 0.2) is 6.61 Å². The van der Waals surface area contributed by atoms with Crippen LogP contribution in [0.1, 0.15) is 13.8 Å². The fourth-order valence-electron chi connectivity index (χ4n) is 0.771. The number of hydrogen-bond donors (Lipinski definition) is 0. The molecule has 6 heteroatoms. The predicted molar refractivity (Wildman–Crippen MR) is 53.4 cm³/mol. The fourth-order valence-corrected chi connectivity index (χ4v) is 0.771. The van der Waals surface area contributed by atoms with Gasteiger partial charge in [-0.25, -0.2) is 14.4 Å². The van der Waals surface area contributed by atoms with Gasteiger partial charge in [-0.3, -0.25) is 0 Å². The summed E-state index contributed by atoms with van der Waals surface area (Å²) in [7, 11) is 1.20. The van der Waals surface area contributed by atoms with Gasteiger partial charge in [0.1, 0.15) is 0 Å². The highest BCUT2D eigenvalue weighted by molar-refractivity contribution is 5.96. The first-order valence-electron chi connectivity index (χ1n) is 4.60. The molecule has 90 valence electrons. The third-order valence-corrected chi connectivity index (χ3v) is 1.48. The minimum absolute atomic E-state index is 0.0939. The molecule has 0 aromatic carbocycles. The lowest BCUT2D eigenvalue weighted by Gasteiger charge is -2.02. The van der Waals surface area contributed by atoms with Crippen molar-refractivity contribution in [3.63, 3.8) is 0 Å². The van der Waals surface area contributed by atoms with E-state index < -0.39 is 24.5 Å². The van der Waals surface area contributed by atoms with Gasteiger partial charge in [-0.05, 0) is 13.8 Å². The number of methoxy groups -OCH3 is 1. The van der Waals surface area contributed by atoms with Crippen LogP contribution in [-0.4, -0.2) is 38.2 Å². The van der Waals surface area contributed by atoms with Crippen LogP contribution in [-0.2, 0) is 28.6 Å². The lowest BCUT2D eigenvalue weighted by Crippen LogP contribution is -2.16. The molecule has 0 fully saturated rings. The topological polar surface area (TPSA) is 78.9 Å². The SMILES string of the molecule is CCOC(=O)COC(=O)/C=C(/C)C(=O)OC. The van der Waals surface area contributed by atoms with Crippen LogP contribution in [0.3, 0.4) is 0 Å². The normalized spacial score (nSPS) is 10.6. The van der Waals surface area contributed by atoms with E-state index in [2.05, 4.69) is 14.2 Å². The van der Waals surface area contributed by atoms with Crippen molar-refractivity contribution < 1.29 is 28.6 Å². The maximum Gasteiger partial charge on any atom is 0.344 e. The molecule has 0 saturated carbocycles. The molecule has 0 radical (unpaired) electrons. The summed E-state index contributed by atoms with van der Waals surface area (Å²) in [6, 6.07) is 0. The molecule has 0 saturated heterocycles. The van der Waals surface area contributed by atoms with E-state index in [0.717, 1.165) is 6.08 Å². The van der Waals surface area contributed by atoms with Gasteiger partial charge in [-0.2, -0.15) is 0 Å². The van der Waals surface area contributed by atoms with Gasteiger partial charge in [0.2, 0.25) is 0 Å². The monoisotopic (exact) mass is 230 g/mol. The van der Waals surface area contributed by atoms with Gasteiger partial charge < -0.3 is 14.2 Å². The first kappa shape index (κ1) is 14.2. The van der Waals surface area contributed by atoms with E-state index in [0.29, 0.717) is 0 Å². The first-order valence-corrected chi connectivity index (χ1v) is 4.60. The molecular weight excluding hydrogens is 216 g/mol. The number of carbonyl (C=O) groups excluding carboxylic acids is 3. The van der Waals surface area contributed by atoms with Crippen LogP contribution in [0, 0.1) is 0 Å². The van der Waals surface area contributed by atoms with Crippen molar-refractivity contribution in [3.05, 3.63) is 11.6 Å². The molecule has 0 bridgehead atoms. The fraction of sp³-hybridized carbons (Fsp3) is 0.500. The largest absolute Gasteiger partial charge is 0.466 e. The lowest BCUT2D eigenvalue weighted by atomic mass is 10.3. The molecular formula is C10H14O6. The second kappa shape index (κ2) is 7.44. The second-order valence-corrected chi connectivity index (χ2v) is 2.73. The molecule has 16 heavy (non-hydrogen) atoms. The summed E-state index contributed by atoms with van der Waals surface area (Å²) in [4.78, 5) is 32.8. The van der Waals surface area contributed by atoms with Crippen LogP contribution in [0.5, 0.6) is 0 Å². The minimum Gasteiger partial charge on any atom is -0.466 e. The molecule has 0 aromatic rings. The molecule has 0 rings (SSSR count). The Kier molecular flexibility index (Phi) is 6.58. The molecule has 0 N–H and O–H groups in total. The molecule has 0 aromatic heterocycles. The molecule has 0 aliphatic rings. The van der Waals surface area contributed by atoms with Gasteiger partial charge in [0.05, 0.1) is 13.7 Å². The van der Waals surface area contributed by atoms with Crippen LogP contribution in [0.2, 0.25) is 0 Å². The third kappa shape index (κ3) is 5.79. The van der Waals surface area contributed by atoms with Gasteiger partial charge in [0, 0.05) is 11.6 Å². The molecule has 6 nitrogen and oxygen atoms in total. The van der Waals surface area contributed by atoms with Crippen molar-refractivity contribution in [2.45, 2.75) is 13.8 Å². The Balaban J connectivity index is 4.08. The number of carbonyl (C=O) groups is 3. The van der Waals surface area contributed by atoms with E-state index in [1.54, 1.807) is 6.92 Å². The highest BCUT2D eigenvalue weighted by atomic mass is 16.6. The van der Waals surface area contributed by atoms with E-state index in [1.165, 1.54) is 14.0 Å². The highest BCUT2D eigenvalue weighted by Crippen LogP contribution is 1.96. The van der Waals surface area contributed by atoms with E-state index in [1.807, 2.05) is 0 Å². The number of hydrogen-bond acceptors (Lipinski definition) is 6. The van der Waals surface area contributed by atoms with Crippen LogP contribution in [0.25, 0.3) is 0 Å². The standard InChI is InChI=1S/C10H14O6/c1-4-15-9(12)6-16-8(11)5-7(2)10(13)14-3/h5H,4,6H2,1-3H3/b7-5-. The Morgan fingerprint density at radius 2 is 1.81 bits per heavy atom. The molecule has 0 amide bonds. The zero-order chi connectivity index (χ0) is 12.6. The van der Waals surface area contributed by atoms with Crippen LogP contribution in [0.4, 0.5) is 0 Å². The smallest absolute Gasteiger partial charge is 0.344 e. The van der Waals surface area contributed by atoms with E-state index in [-0.39, 0.29) is 12.2 Å². The first-order chi connectivity index (χ1) is 7.51. The average Bonchev–Trinajstić information content (AvgIpc) is 2.25. The Labute approximate surface area is 93.2 Å². The lowest BCUT2D eigenvalue weighted by molar-refractivity contribution is -0.155. The summed E-state index contributed by atoms with van der Waals surface area (Å²) in [6.45, 7) is 2.78. The zero-order valence-electron chi connectivity index (χ0n) is 9.44. The average molecular weight is 230 g/mol. The summed E-state index contributed by atoms with van der Waals surface area (Å²) >= 11 is 0.